The van der Waals surface area contributed by atoms with Crippen LogP contribution in [0.5, 0.6) is 17.2 Å². The highest BCUT2D eigenvalue weighted by Crippen LogP contribution is 2.34. The Bertz CT molecular complexity index is 1170. The van der Waals surface area contributed by atoms with Gasteiger partial charge < -0.3 is 19.1 Å². The standard InChI is InChI=1S/C22H25N3O5S2/c1-28-17-5-7-18(8-6-17)32(26,27)25-12-10-24(11-13-25)22-23-19(15-31-22)16-4-9-20(29-2)21(14-16)30-3/h4-9,14-15H,10-13H2,1-3H3. The van der Waals surface area contributed by atoms with Gasteiger partial charge in [-0.25, -0.2) is 13.4 Å². The Morgan fingerprint density at radius 3 is 2.19 bits per heavy atom. The zero-order chi connectivity index (χ0) is 22.7. The lowest BCUT2D eigenvalue weighted by Gasteiger charge is -2.33. The van der Waals surface area contributed by atoms with E-state index in [1.165, 1.54) is 4.31 Å². The monoisotopic (exact) mass is 475 g/mol. The summed E-state index contributed by atoms with van der Waals surface area (Å²) in [5.74, 6) is 1.95. The van der Waals surface area contributed by atoms with E-state index in [0.29, 0.717) is 43.4 Å². The Morgan fingerprint density at radius 2 is 1.56 bits per heavy atom. The topological polar surface area (TPSA) is 81.2 Å². The first-order chi connectivity index (χ1) is 15.5. The fourth-order valence-corrected chi connectivity index (χ4v) is 5.86. The van der Waals surface area contributed by atoms with Crippen LogP contribution in [-0.2, 0) is 10.0 Å². The van der Waals surface area contributed by atoms with Gasteiger partial charge in [0, 0.05) is 37.1 Å². The molecule has 1 aliphatic rings. The zero-order valence-electron chi connectivity index (χ0n) is 18.1. The number of rotatable bonds is 7. The summed E-state index contributed by atoms with van der Waals surface area (Å²) >= 11 is 1.54. The van der Waals surface area contributed by atoms with Crippen molar-refractivity contribution in [2.75, 3.05) is 52.4 Å². The van der Waals surface area contributed by atoms with Crippen LogP contribution in [0, 0.1) is 0 Å². The minimum atomic E-state index is -3.54. The molecule has 1 aliphatic heterocycles. The molecule has 2 aromatic carbocycles. The molecule has 0 unspecified atom stereocenters. The molecule has 8 nitrogen and oxygen atoms in total. The van der Waals surface area contributed by atoms with Gasteiger partial charge in [0.05, 0.1) is 31.9 Å². The van der Waals surface area contributed by atoms with E-state index >= 15 is 0 Å². The molecule has 0 bridgehead atoms. The molecule has 170 valence electrons. The van der Waals surface area contributed by atoms with E-state index in [1.807, 2.05) is 23.6 Å². The molecular weight excluding hydrogens is 450 g/mol. The molecule has 0 radical (unpaired) electrons. The van der Waals surface area contributed by atoms with Gasteiger partial charge in [-0.3, -0.25) is 0 Å². The molecule has 4 rings (SSSR count). The van der Waals surface area contributed by atoms with E-state index in [2.05, 4.69) is 4.90 Å². The van der Waals surface area contributed by atoms with Gasteiger partial charge in [-0.15, -0.1) is 11.3 Å². The van der Waals surface area contributed by atoms with E-state index in [1.54, 1.807) is 56.9 Å². The lowest BCUT2D eigenvalue weighted by atomic mass is 10.1. The summed E-state index contributed by atoms with van der Waals surface area (Å²) in [6.45, 7) is 1.96. The van der Waals surface area contributed by atoms with E-state index in [4.69, 9.17) is 19.2 Å². The largest absolute Gasteiger partial charge is 0.497 e. The molecule has 3 aromatic rings. The number of anilines is 1. The normalized spacial score (nSPS) is 14.9. The van der Waals surface area contributed by atoms with Crippen molar-refractivity contribution in [1.82, 2.24) is 9.29 Å². The average molecular weight is 476 g/mol. The molecule has 0 saturated carbocycles. The highest BCUT2D eigenvalue weighted by Gasteiger charge is 2.29. The minimum absolute atomic E-state index is 0.275. The lowest BCUT2D eigenvalue weighted by molar-refractivity contribution is 0.355. The SMILES string of the molecule is COc1ccc(S(=O)(=O)N2CCN(c3nc(-c4ccc(OC)c(OC)c4)cs3)CC2)cc1. The van der Waals surface area contributed by atoms with Crippen molar-refractivity contribution in [1.29, 1.82) is 0 Å². The summed E-state index contributed by atoms with van der Waals surface area (Å²) in [5, 5.41) is 2.87. The number of aromatic nitrogens is 1. The predicted octanol–water partition coefficient (Wildman–Crippen LogP) is 3.35. The summed E-state index contributed by atoms with van der Waals surface area (Å²) in [6, 6.07) is 12.2. The van der Waals surface area contributed by atoms with Crippen LogP contribution in [-0.4, -0.2) is 65.2 Å². The molecule has 32 heavy (non-hydrogen) atoms. The number of sulfonamides is 1. The Balaban J connectivity index is 1.44. The number of hydrogen-bond acceptors (Lipinski definition) is 8. The van der Waals surface area contributed by atoms with Crippen molar-refractivity contribution in [3.8, 4) is 28.5 Å². The second-order valence-corrected chi connectivity index (χ2v) is 9.93. The number of piperazine rings is 1. The van der Waals surface area contributed by atoms with Gasteiger partial charge in [-0.05, 0) is 42.5 Å². The number of thiazole rings is 1. The first-order valence-corrected chi connectivity index (χ1v) is 12.4. The summed E-state index contributed by atoms with van der Waals surface area (Å²) in [4.78, 5) is 7.16. The van der Waals surface area contributed by atoms with Crippen molar-refractivity contribution >= 4 is 26.5 Å². The van der Waals surface area contributed by atoms with Crippen LogP contribution in [0.4, 0.5) is 5.13 Å². The molecular formula is C22H25N3O5S2. The van der Waals surface area contributed by atoms with Crippen molar-refractivity contribution in [3.63, 3.8) is 0 Å². The third-order valence-corrected chi connectivity index (χ3v) is 8.19. The molecule has 0 spiro atoms. The van der Waals surface area contributed by atoms with Gasteiger partial charge >= 0.3 is 0 Å². The maximum absolute atomic E-state index is 13.0. The number of hydrogen-bond donors (Lipinski definition) is 0. The Hall–Kier alpha value is -2.82. The van der Waals surface area contributed by atoms with E-state index in [-0.39, 0.29) is 4.90 Å². The molecule has 1 saturated heterocycles. The predicted molar refractivity (Wildman–Crippen MR) is 125 cm³/mol. The van der Waals surface area contributed by atoms with Gasteiger partial charge in [-0.2, -0.15) is 4.31 Å². The third kappa shape index (κ3) is 4.38. The fourth-order valence-electron chi connectivity index (χ4n) is 3.55. The molecule has 10 heteroatoms. The van der Waals surface area contributed by atoms with Gasteiger partial charge in [0.25, 0.3) is 0 Å². The maximum atomic E-state index is 13.0. The van der Waals surface area contributed by atoms with Crippen molar-refractivity contribution in [3.05, 3.63) is 47.8 Å². The molecule has 1 aromatic heterocycles. The van der Waals surface area contributed by atoms with Crippen LogP contribution in [0.3, 0.4) is 0 Å². The first-order valence-electron chi connectivity index (χ1n) is 10.0. The third-order valence-electron chi connectivity index (χ3n) is 5.38. The van der Waals surface area contributed by atoms with Crippen molar-refractivity contribution < 1.29 is 22.6 Å². The van der Waals surface area contributed by atoms with Gasteiger partial charge in [0.2, 0.25) is 10.0 Å². The maximum Gasteiger partial charge on any atom is 0.243 e. The van der Waals surface area contributed by atoms with Crippen LogP contribution >= 0.6 is 11.3 Å². The van der Waals surface area contributed by atoms with Gasteiger partial charge in [0.15, 0.2) is 16.6 Å². The second kappa shape index (κ2) is 9.35. The zero-order valence-corrected chi connectivity index (χ0v) is 19.8. The first kappa shape index (κ1) is 22.4. The summed E-state index contributed by atoms with van der Waals surface area (Å²) in [5.41, 5.74) is 1.78. The number of ether oxygens (including phenoxy) is 3. The molecule has 2 heterocycles. The second-order valence-electron chi connectivity index (χ2n) is 7.15. The van der Waals surface area contributed by atoms with Crippen molar-refractivity contribution in [2.45, 2.75) is 4.90 Å². The molecule has 0 amide bonds. The van der Waals surface area contributed by atoms with Crippen LogP contribution in [0.1, 0.15) is 0 Å². The molecule has 0 N–H and O–H groups in total. The lowest BCUT2D eigenvalue weighted by Crippen LogP contribution is -2.48. The van der Waals surface area contributed by atoms with Crippen LogP contribution in [0.25, 0.3) is 11.3 Å². The number of methoxy groups -OCH3 is 3. The average Bonchev–Trinajstić information content (AvgIpc) is 3.34. The van der Waals surface area contributed by atoms with E-state index < -0.39 is 10.0 Å². The van der Waals surface area contributed by atoms with Crippen molar-refractivity contribution in [2.24, 2.45) is 0 Å². The Morgan fingerprint density at radius 1 is 0.875 bits per heavy atom. The minimum Gasteiger partial charge on any atom is -0.497 e. The van der Waals surface area contributed by atoms with Crippen LogP contribution in [0.2, 0.25) is 0 Å². The fraction of sp³-hybridized carbons (Fsp3) is 0.318. The van der Waals surface area contributed by atoms with Crippen LogP contribution < -0.4 is 19.1 Å². The number of benzene rings is 2. The van der Waals surface area contributed by atoms with Gasteiger partial charge in [0.1, 0.15) is 5.75 Å². The highest BCUT2D eigenvalue weighted by molar-refractivity contribution is 7.89. The Kier molecular flexibility index (Phi) is 6.54. The highest BCUT2D eigenvalue weighted by atomic mass is 32.2. The summed E-state index contributed by atoms with van der Waals surface area (Å²) in [6.07, 6.45) is 0. The molecule has 1 fully saturated rings. The molecule has 0 aliphatic carbocycles. The van der Waals surface area contributed by atoms with Gasteiger partial charge in [-0.1, -0.05) is 0 Å². The van der Waals surface area contributed by atoms with Crippen LogP contribution in [0.15, 0.2) is 52.7 Å². The Labute approximate surface area is 192 Å². The smallest absolute Gasteiger partial charge is 0.243 e. The number of nitrogens with zero attached hydrogens (tertiary/aromatic N) is 3. The van der Waals surface area contributed by atoms with E-state index in [9.17, 15) is 8.42 Å². The molecule has 0 atom stereocenters. The summed E-state index contributed by atoms with van der Waals surface area (Å²) in [7, 11) is 1.23. The van der Waals surface area contributed by atoms with E-state index in [0.717, 1.165) is 16.4 Å². The quantitative estimate of drug-likeness (QED) is 0.518. The summed E-state index contributed by atoms with van der Waals surface area (Å²) < 4.78 is 43.2.